The SMILES string of the molecule is CC1CCC(O)(c2cc3cccc(F)c3o2)C1. The van der Waals surface area contributed by atoms with E-state index in [0.717, 1.165) is 6.42 Å². The normalized spacial score (nSPS) is 29.0. The molecule has 0 spiro atoms. The summed E-state index contributed by atoms with van der Waals surface area (Å²) in [5.74, 6) is 0.614. The van der Waals surface area contributed by atoms with Crippen LogP contribution >= 0.6 is 0 Å². The quantitative estimate of drug-likeness (QED) is 0.818. The molecule has 0 radical (unpaired) electrons. The van der Waals surface area contributed by atoms with Crippen LogP contribution in [-0.2, 0) is 5.60 Å². The molecule has 2 unspecified atom stereocenters. The minimum absolute atomic E-state index is 0.246. The summed E-state index contributed by atoms with van der Waals surface area (Å²) in [6.07, 6.45) is 2.36. The van der Waals surface area contributed by atoms with Crippen LogP contribution < -0.4 is 0 Å². The van der Waals surface area contributed by atoms with Gasteiger partial charge >= 0.3 is 0 Å². The van der Waals surface area contributed by atoms with Gasteiger partial charge in [0.2, 0.25) is 0 Å². The van der Waals surface area contributed by atoms with Gasteiger partial charge in [0, 0.05) is 5.39 Å². The average molecular weight is 234 g/mol. The molecule has 1 aromatic heterocycles. The maximum atomic E-state index is 13.5. The van der Waals surface area contributed by atoms with Crippen molar-refractivity contribution in [1.29, 1.82) is 0 Å². The second-order valence-electron chi connectivity index (χ2n) is 5.15. The summed E-state index contributed by atoms with van der Waals surface area (Å²) in [6.45, 7) is 2.11. The molecule has 0 bridgehead atoms. The maximum absolute atomic E-state index is 13.5. The standard InChI is InChI=1S/C14H15FO2/c1-9-5-6-14(16,8-9)12-7-10-3-2-4-11(15)13(10)17-12/h2-4,7,9,16H,5-6,8H2,1H3. The molecule has 3 heteroatoms. The predicted molar refractivity (Wildman–Crippen MR) is 63.1 cm³/mol. The highest BCUT2D eigenvalue weighted by Crippen LogP contribution is 2.43. The molecule has 0 amide bonds. The number of hydrogen-bond donors (Lipinski definition) is 1. The third kappa shape index (κ3) is 1.65. The van der Waals surface area contributed by atoms with Gasteiger partial charge in [-0.2, -0.15) is 0 Å². The van der Waals surface area contributed by atoms with Gasteiger partial charge in [0.15, 0.2) is 11.4 Å². The molecule has 2 aromatic rings. The molecular weight excluding hydrogens is 219 g/mol. The zero-order chi connectivity index (χ0) is 12.0. The van der Waals surface area contributed by atoms with E-state index >= 15 is 0 Å². The molecule has 1 aliphatic rings. The van der Waals surface area contributed by atoms with Crippen LogP contribution in [0.15, 0.2) is 28.7 Å². The predicted octanol–water partition coefficient (Wildman–Crippen LogP) is 3.58. The lowest BCUT2D eigenvalue weighted by Crippen LogP contribution is -2.20. The van der Waals surface area contributed by atoms with E-state index in [2.05, 4.69) is 6.92 Å². The van der Waals surface area contributed by atoms with E-state index in [1.165, 1.54) is 6.07 Å². The van der Waals surface area contributed by atoms with Gasteiger partial charge in [-0.1, -0.05) is 19.1 Å². The molecule has 3 rings (SSSR count). The van der Waals surface area contributed by atoms with Crippen LogP contribution in [0.2, 0.25) is 0 Å². The number of furan rings is 1. The van der Waals surface area contributed by atoms with Crippen molar-refractivity contribution in [3.8, 4) is 0 Å². The zero-order valence-electron chi connectivity index (χ0n) is 9.74. The Hall–Kier alpha value is -1.35. The van der Waals surface area contributed by atoms with Gasteiger partial charge in [-0.25, -0.2) is 4.39 Å². The van der Waals surface area contributed by atoms with Gasteiger partial charge in [-0.15, -0.1) is 0 Å². The molecule has 90 valence electrons. The summed E-state index contributed by atoms with van der Waals surface area (Å²) in [5, 5.41) is 11.2. The van der Waals surface area contributed by atoms with Crippen molar-refractivity contribution in [3.05, 3.63) is 35.8 Å². The van der Waals surface area contributed by atoms with E-state index < -0.39 is 5.60 Å². The lowest BCUT2D eigenvalue weighted by atomic mass is 9.97. The first kappa shape index (κ1) is 10.8. The van der Waals surface area contributed by atoms with E-state index in [1.807, 2.05) is 0 Å². The van der Waals surface area contributed by atoms with Crippen LogP contribution in [0.5, 0.6) is 0 Å². The summed E-state index contributed by atoms with van der Waals surface area (Å²) in [4.78, 5) is 0. The number of fused-ring (bicyclic) bond motifs is 1. The lowest BCUT2D eigenvalue weighted by molar-refractivity contribution is 0.0199. The monoisotopic (exact) mass is 234 g/mol. The number of para-hydroxylation sites is 1. The van der Waals surface area contributed by atoms with Gasteiger partial charge in [-0.3, -0.25) is 0 Å². The largest absolute Gasteiger partial charge is 0.455 e. The average Bonchev–Trinajstić information content (AvgIpc) is 2.85. The highest BCUT2D eigenvalue weighted by molar-refractivity contribution is 5.78. The topological polar surface area (TPSA) is 33.4 Å². The fourth-order valence-electron chi connectivity index (χ4n) is 2.75. The zero-order valence-corrected chi connectivity index (χ0v) is 9.74. The third-order valence-corrected chi connectivity index (χ3v) is 3.69. The number of halogens is 1. The Kier molecular flexibility index (Phi) is 2.26. The van der Waals surface area contributed by atoms with E-state index in [9.17, 15) is 9.50 Å². The van der Waals surface area contributed by atoms with Crippen molar-refractivity contribution in [3.63, 3.8) is 0 Å². The van der Waals surface area contributed by atoms with Crippen molar-refractivity contribution in [2.24, 2.45) is 5.92 Å². The highest BCUT2D eigenvalue weighted by Gasteiger charge is 2.39. The van der Waals surface area contributed by atoms with Crippen molar-refractivity contribution >= 4 is 11.0 Å². The van der Waals surface area contributed by atoms with Gasteiger partial charge in [-0.05, 0) is 37.3 Å². The van der Waals surface area contributed by atoms with Gasteiger partial charge < -0.3 is 9.52 Å². The first-order valence-electron chi connectivity index (χ1n) is 5.99. The minimum Gasteiger partial charge on any atom is -0.455 e. The van der Waals surface area contributed by atoms with Crippen LogP contribution in [0, 0.1) is 11.7 Å². The first-order chi connectivity index (χ1) is 8.08. The summed E-state index contributed by atoms with van der Waals surface area (Å²) >= 11 is 0. The Morgan fingerprint density at radius 1 is 1.47 bits per heavy atom. The highest BCUT2D eigenvalue weighted by atomic mass is 19.1. The number of rotatable bonds is 1. The number of hydrogen-bond acceptors (Lipinski definition) is 2. The summed E-state index contributed by atoms with van der Waals surface area (Å²) in [7, 11) is 0. The molecule has 0 aliphatic heterocycles. The summed E-state index contributed by atoms with van der Waals surface area (Å²) in [6, 6.07) is 6.58. The van der Waals surface area contributed by atoms with Gasteiger partial charge in [0.25, 0.3) is 0 Å². The van der Waals surface area contributed by atoms with E-state index in [-0.39, 0.29) is 11.4 Å². The van der Waals surface area contributed by atoms with Crippen LogP contribution in [0.3, 0.4) is 0 Å². The minimum atomic E-state index is -0.912. The molecule has 1 aromatic carbocycles. The molecule has 1 fully saturated rings. The first-order valence-corrected chi connectivity index (χ1v) is 5.99. The maximum Gasteiger partial charge on any atom is 0.170 e. The van der Waals surface area contributed by atoms with Crippen LogP contribution in [0.4, 0.5) is 4.39 Å². The molecule has 2 nitrogen and oxygen atoms in total. The van der Waals surface area contributed by atoms with Gasteiger partial charge in [0.05, 0.1) is 0 Å². The second kappa shape index (κ2) is 3.57. The second-order valence-corrected chi connectivity index (χ2v) is 5.15. The van der Waals surface area contributed by atoms with Crippen molar-refractivity contribution < 1.29 is 13.9 Å². The Morgan fingerprint density at radius 3 is 2.94 bits per heavy atom. The molecule has 1 N–H and O–H groups in total. The third-order valence-electron chi connectivity index (χ3n) is 3.69. The smallest absolute Gasteiger partial charge is 0.170 e. The van der Waals surface area contributed by atoms with Crippen LogP contribution in [0.1, 0.15) is 31.9 Å². The van der Waals surface area contributed by atoms with E-state index in [1.54, 1.807) is 18.2 Å². The summed E-state index contributed by atoms with van der Waals surface area (Å²) in [5.41, 5.74) is -0.666. The molecule has 17 heavy (non-hydrogen) atoms. The molecule has 0 saturated heterocycles. The number of benzene rings is 1. The molecular formula is C14H15FO2. The molecule has 1 saturated carbocycles. The van der Waals surface area contributed by atoms with Gasteiger partial charge in [0.1, 0.15) is 11.4 Å². The van der Waals surface area contributed by atoms with Crippen LogP contribution in [-0.4, -0.2) is 5.11 Å². The Morgan fingerprint density at radius 2 is 2.29 bits per heavy atom. The fraction of sp³-hybridized carbons (Fsp3) is 0.429. The van der Waals surface area contributed by atoms with Crippen LogP contribution in [0.25, 0.3) is 11.0 Å². The molecule has 2 atom stereocenters. The van der Waals surface area contributed by atoms with Crippen molar-refractivity contribution in [2.75, 3.05) is 0 Å². The molecule has 1 heterocycles. The number of aliphatic hydroxyl groups is 1. The van der Waals surface area contributed by atoms with Crippen molar-refractivity contribution in [2.45, 2.75) is 31.8 Å². The Labute approximate surface area is 99.1 Å². The van der Waals surface area contributed by atoms with E-state index in [4.69, 9.17) is 4.42 Å². The van der Waals surface area contributed by atoms with E-state index in [0.29, 0.717) is 29.9 Å². The Bertz CT molecular complexity index is 560. The lowest BCUT2D eigenvalue weighted by Gasteiger charge is -2.19. The van der Waals surface area contributed by atoms with Crippen molar-refractivity contribution in [1.82, 2.24) is 0 Å². The Balaban J connectivity index is 2.10. The molecule has 1 aliphatic carbocycles. The fourth-order valence-corrected chi connectivity index (χ4v) is 2.75. The summed E-state index contributed by atoms with van der Waals surface area (Å²) < 4.78 is 19.0.